The number of aromatic nitrogens is 1. The van der Waals surface area contributed by atoms with Gasteiger partial charge in [-0.3, -0.25) is 4.98 Å². The molecule has 0 spiro atoms. The molecule has 1 aromatic heterocycles. The fraction of sp³-hybridized carbons (Fsp3) is 0.154. The van der Waals surface area contributed by atoms with Gasteiger partial charge >= 0.3 is 11.9 Å². The number of hydrogen-bond donors (Lipinski definition) is 2. The Morgan fingerprint density at radius 1 is 0.844 bits per heavy atom. The molecule has 0 amide bonds. The van der Waals surface area contributed by atoms with Crippen molar-refractivity contribution in [1.29, 1.82) is 0 Å². The molecule has 0 saturated carbocycles. The van der Waals surface area contributed by atoms with Crippen LogP contribution in [0.2, 0.25) is 0 Å². The van der Waals surface area contributed by atoms with Gasteiger partial charge in [0, 0.05) is 28.1 Å². The SMILES string of the molecule is CC1C=CC=C(N(c2ccccc2)c2ccc(-c3cc(-c4ccc(C(=O)O)cc4)nc(C4(C)C=CC(C(=O)O)=CC4)c3)cc2)C1. The van der Waals surface area contributed by atoms with Gasteiger partial charge in [0.15, 0.2) is 0 Å². The molecule has 4 aromatic rings. The zero-order valence-corrected chi connectivity index (χ0v) is 25.2. The van der Waals surface area contributed by atoms with Crippen LogP contribution in [-0.2, 0) is 10.2 Å². The van der Waals surface area contributed by atoms with Crippen molar-refractivity contribution in [2.75, 3.05) is 4.90 Å². The molecule has 45 heavy (non-hydrogen) atoms. The van der Waals surface area contributed by atoms with Crippen molar-refractivity contribution in [1.82, 2.24) is 4.98 Å². The molecular formula is C39H34N2O4. The van der Waals surface area contributed by atoms with Crippen molar-refractivity contribution in [3.63, 3.8) is 0 Å². The average Bonchev–Trinajstić information content (AvgIpc) is 3.06. The molecule has 6 heteroatoms. The molecule has 0 radical (unpaired) electrons. The van der Waals surface area contributed by atoms with Crippen LogP contribution in [0, 0.1) is 5.92 Å². The molecule has 2 unspecified atom stereocenters. The summed E-state index contributed by atoms with van der Waals surface area (Å²) in [7, 11) is 0. The number of allylic oxidation sites excluding steroid dienone is 6. The van der Waals surface area contributed by atoms with Crippen LogP contribution in [0.15, 0.2) is 139 Å². The second-order valence-corrected chi connectivity index (χ2v) is 11.9. The number of carbonyl (C=O) groups is 2. The maximum atomic E-state index is 11.6. The Kier molecular flexibility index (Phi) is 8.05. The number of aromatic carboxylic acids is 1. The van der Waals surface area contributed by atoms with E-state index in [4.69, 9.17) is 4.98 Å². The van der Waals surface area contributed by atoms with E-state index in [2.05, 4.69) is 91.6 Å². The number of aliphatic carboxylic acids is 1. The first-order valence-corrected chi connectivity index (χ1v) is 15.0. The first-order valence-electron chi connectivity index (χ1n) is 15.0. The number of para-hydroxylation sites is 1. The van der Waals surface area contributed by atoms with E-state index < -0.39 is 17.4 Å². The molecule has 224 valence electrons. The molecule has 6 nitrogen and oxygen atoms in total. The van der Waals surface area contributed by atoms with Crippen LogP contribution in [0.1, 0.15) is 42.7 Å². The van der Waals surface area contributed by atoms with Gasteiger partial charge in [-0.1, -0.05) is 86.7 Å². The summed E-state index contributed by atoms with van der Waals surface area (Å²) in [6.45, 7) is 4.28. The first kappa shape index (κ1) is 29.6. The number of nitrogens with zero attached hydrogens (tertiary/aromatic N) is 2. The van der Waals surface area contributed by atoms with E-state index in [-0.39, 0.29) is 11.1 Å². The zero-order chi connectivity index (χ0) is 31.6. The highest BCUT2D eigenvalue weighted by Gasteiger charge is 2.29. The van der Waals surface area contributed by atoms with Gasteiger partial charge in [-0.25, -0.2) is 9.59 Å². The van der Waals surface area contributed by atoms with Gasteiger partial charge in [0.2, 0.25) is 0 Å². The van der Waals surface area contributed by atoms with Crippen molar-refractivity contribution in [3.8, 4) is 22.4 Å². The molecule has 0 saturated heterocycles. The van der Waals surface area contributed by atoms with Gasteiger partial charge in [-0.15, -0.1) is 0 Å². The standard InChI is InChI=1S/C39H34N2O4/c1-26-7-6-10-34(23-26)41(32-8-4-3-5-9-32)33-17-15-27(16-18-33)31-24-35(28-11-13-29(14-12-28)37(42)43)40-36(25-31)39(2)21-19-30(20-22-39)38(44)45/h3-21,24-26H,22-23H2,1-2H3,(H,42,43)(H,44,45). The summed E-state index contributed by atoms with van der Waals surface area (Å²) in [6, 6.07) is 29.7. The number of benzene rings is 3. The highest BCUT2D eigenvalue weighted by molar-refractivity contribution is 5.90. The lowest BCUT2D eigenvalue weighted by Gasteiger charge is -2.30. The Labute approximate surface area is 263 Å². The third-order valence-electron chi connectivity index (χ3n) is 8.48. The Morgan fingerprint density at radius 2 is 1.53 bits per heavy atom. The second-order valence-electron chi connectivity index (χ2n) is 11.9. The monoisotopic (exact) mass is 594 g/mol. The van der Waals surface area contributed by atoms with Gasteiger partial charge in [-0.2, -0.15) is 0 Å². The third-order valence-corrected chi connectivity index (χ3v) is 8.48. The molecule has 2 aliphatic rings. The van der Waals surface area contributed by atoms with Gasteiger partial charge in [0.05, 0.1) is 22.5 Å². The molecule has 0 fully saturated rings. The van der Waals surface area contributed by atoms with Crippen LogP contribution in [0.4, 0.5) is 11.4 Å². The van der Waals surface area contributed by atoms with E-state index in [1.54, 1.807) is 36.4 Å². The fourth-order valence-corrected chi connectivity index (χ4v) is 5.85. The first-order chi connectivity index (χ1) is 21.7. The maximum Gasteiger partial charge on any atom is 0.335 e. The maximum absolute atomic E-state index is 11.6. The summed E-state index contributed by atoms with van der Waals surface area (Å²) in [5.74, 6) is -1.48. The molecule has 0 bridgehead atoms. The number of hydrogen-bond acceptors (Lipinski definition) is 4. The molecule has 3 aromatic carbocycles. The molecule has 2 N–H and O–H groups in total. The molecular weight excluding hydrogens is 560 g/mol. The van der Waals surface area contributed by atoms with Crippen LogP contribution < -0.4 is 4.90 Å². The van der Waals surface area contributed by atoms with Crippen molar-refractivity contribution < 1.29 is 19.8 Å². The summed E-state index contributed by atoms with van der Waals surface area (Å²) in [4.78, 5) is 30.3. The topological polar surface area (TPSA) is 90.7 Å². The lowest BCUT2D eigenvalue weighted by Crippen LogP contribution is -2.23. The number of carboxylic acids is 2. The number of pyridine rings is 1. The minimum absolute atomic E-state index is 0.208. The van der Waals surface area contributed by atoms with Gasteiger partial charge in [0.1, 0.15) is 0 Å². The van der Waals surface area contributed by atoms with Crippen LogP contribution in [0.5, 0.6) is 0 Å². The average molecular weight is 595 g/mol. The second kappa shape index (κ2) is 12.2. The van der Waals surface area contributed by atoms with Gasteiger partial charge < -0.3 is 15.1 Å². The summed E-state index contributed by atoms with van der Waals surface area (Å²) >= 11 is 0. The summed E-state index contributed by atoms with van der Waals surface area (Å²) < 4.78 is 0. The predicted molar refractivity (Wildman–Crippen MR) is 178 cm³/mol. The van der Waals surface area contributed by atoms with Gasteiger partial charge in [0.25, 0.3) is 0 Å². The third kappa shape index (κ3) is 6.27. The normalized spacial score (nSPS) is 19.0. The zero-order valence-electron chi connectivity index (χ0n) is 25.2. The summed E-state index contributed by atoms with van der Waals surface area (Å²) in [5.41, 5.74) is 7.63. The van der Waals surface area contributed by atoms with Crippen molar-refractivity contribution in [2.45, 2.75) is 32.1 Å². The van der Waals surface area contributed by atoms with Crippen molar-refractivity contribution >= 4 is 23.3 Å². The Morgan fingerprint density at radius 3 is 2.16 bits per heavy atom. The predicted octanol–water partition coefficient (Wildman–Crippen LogP) is 8.96. The molecule has 2 atom stereocenters. The van der Waals surface area contributed by atoms with E-state index in [1.807, 2.05) is 18.2 Å². The number of rotatable bonds is 8. The lowest BCUT2D eigenvalue weighted by atomic mass is 9.78. The van der Waals surface area contributed by atoms with Crippen molar-refractivity contribution in [3.05, 3.63) is 150 Å². The van der Waals surface area contributed by atoms with Crippen LogP contribution >= 0.6 is 0 Å². The number of anilines is 2. The molecule has 2 aliphatic carbocycles. The van der Waals surface area contributed by atoms with Crippen LogP contribution in [-0.4, -0.2) is 27.1 Å². The Balaban J connectivity index is 1.42. The summed E-state index contributed by atoms with van der Waals surface area (Å²) in [6.07, 6.45) is 13.3. The minimum atomic E-state index is -0.982. The van der Waals surface area contributed by atoms with Crippen LogP contribution in [0.3, 0.4) is 0 Å². The Hall–Kier alpha value is -5.49. The highest BCUT2D eigenvalue weighted by atomic mass is 16.4. The minimum Gasteiger partial charge on any atom is -0.478 e. The molecule has 6 rings (SSSR count). The Bertz CT molecular complexity index is 1870. The van der Waals surface area contributed by atoms with E-state index in [0.29, 0.717) is 18.0 Å². The van der Waals surface area contributed by atoms with Crippen molar-refractivity contribution in [2.24, 2.45) is 5.92 Å². The smallest absolute Gasteiger partial charge is 0.335 e. The highest BCUT2D eigenvalue weighted by Crippen LogP contribution is 2.39. The van der Waals surface area contributed by atoms with Crippen LogP contribution in [0.25, 0.3) is 22.4 Å². The molecule has 1 heterocycles. The molecule has 0 aliphatic heterocycles. The fourth-order valence-electron chi connectivity index (χ4n) is 5.85. The largest absolute Gasteiger partial charge is 0.478 e. The van der Waals surface area contributed by atoms with E-state index in [9.17, 15) is 19.8 Å². The lowest BCUT2D eigenvalue weighted by molar-refractivity contribution is -0.132. The number of carboxylic acid groups (broad SMARTS) is 2. The van der Waals surface area contributed by atoms with E-state index in [0.717, 1.165) is 40.2 Å². The van der Waals surface area contributed by atoms with E-state index >= 15 is 0 Å². The van der Waals surface area contributed by atoms with Gasteiger partial charge in [-0.05, 0) is 84.5 Å². The summed E-state index contributed by atoms with van der Waals surface area (Å²) in [5, 5.41) is 18.9. The van der Waals surface area contributed by atoms with E-state index in [1.165, 1.54) is 5.70 Å². The quantitative estimate of drug-likeness (QED) is 0.212.